The van der Waals surface area contributed by atoms with Crippen molar-refractivity contribution < 1.29 is 30.1 Å². The zero-order chi connectivity index (χ0) is 22.6. The van der Waals surface area contributed by atoms with E-state index >= 15 is 0 Å². The molecule has 2 rings (SSSR count). The number of benzene rings is 2. The van der Waals surface area contributed by atoms with Gasteiger partial charge in [-0.25, -0.2) is 0 Å². The topological polar surface area (TPSA) is 130 Å². The Labute approximate surface area is 176 Å². The Kier molecular flexibility index (Phi) is 7.35. The molecule has 2 aromatic carbocycles. The zero-order valence-electron chi connectivity index (χ0n) is 16.8. The average Bonchev–Trinajstić information content (AvgIpc) is 2.69. The molecule has 0 N–H and O–H groups in total. The third-order valence-corrected chi connectivity index (χ3v) is 7.19. The van der Waals surface area contributed by atoms with Crippen LogP contribution in [0, 0.1) is 24.0 Å². The number of nitro groups is 1. The van der Waals surface area contributed by atoms with Gasteiger partial charge in [-0.3, -0.25) is 18.5 Å². The highest BCUT2D eigenvalue weighted by atomic mass is 32.2. The fourth-order valence-electron chi connectivity index (χ4n) is 2.40. The zero-order valence-corrected chi connectivity index (χ0v) is 18.4. The molecule has 0 heterocycles. The summed E-state index contributed by atoms with van der Waals surface area (Å²) in [6, 6.07) is 11.5. The molecular weight excluding hydrogens is 434 g/mol. The van der Waals surface area contributed by atoms with Gasteiger partial charge >= 0.3 is 0 Å². The van der Waals surface area contributed by atoms with Crippen LogP contribution in [-0.2, 0) is 28.6 Å². The van der Waals surface area contributed by atoms with Gasteiger partial charge in [0.25, 0.3) is 25.8 Å². The van der Waals surface area contributed by atoms with Crippen molar-refractivity contribution in [3.8, 4) is 0 Å². The maximum atomic E-state index is 12.4. The normalized spacial score (nSPS) is 12.6. The summed E-state index contributed by atoms with van der Waals surface area (Å²) in [5.41, 5.74) is -0.413. The van der Waals surface area contributed by atoms with Crippen LogP contribution in [0.3, 0.4) is 0 Å². The molecule has 0 saturated carbocycles. The molecule has 0 radical (unpaired) electrons. The molecule has 0 aliphatic carbocycles. The lowest BCUT2D eigenvalue weighted by Crippen LogP contribution is -2.47. The Morgan fingerprint density at radius 2 is 1.13 bits per heavy atom. The van der Waals surface area contributed by atoms with Gasteiger partial charge in [0.2, 0.25) is 0 Å². The van der Waals surface area contributed by atoms with Crippen LogP contribution in [0.1, 0.15) is 24.5 Å². The molecule has 0 fully saturated rings. The highest BCUT2D eigenvalue weighted by Gasteiger charge is 2.45. The second-order valence-electron chi connectivity index (χ2n) is 6.89. The molecule has 0 aliphatic rings. The molecule has 9 nitrogen and oxygen atoms in total. The van der Waals surface area contributed by atoms with Crippen molar-refractivity contribution >= 4 is 20.2 Å². The van der Waals surface area contributed by atoms with Crippen LogP contribution in [0.5, 0.6) is 0 Å². The summed E-state index contributed by atoms with van der Waals surface area (Å²) in [4.78, 5) is 10.6. The van der Waals surface area contributed by atoms with Crippen LogP contribution in [0.25, 0.3) is 0 Å². The first-order valence-corrected chi connectivity index (χ1v) is 11.8. The number of rotatable bonds is 10. The Morgan fingerprint density at radius 1 is 0.800 bits per heavy atom. The first-order valence-electron chi connectivity index (χ1n) is 8.98. The van der Waals surface area contributed by atoms with Crippen molar-refractivity contribution in [2.45, 2.75) is 42.5 Å². The summed E-state index contributed by atoms with van der Waals surface area (Å²) in [5.74, 6) is 0. The van der Waals surface area contributed by atoms with E-state index in [1.54, 1.807) is 38.1 Å². The SMILES string of the molecule is CCC(COS(=O)(=O)c1ccc(C)cc1)(COS(=O)(=O)c1ccc(C)cc1)[N+](=O)[O-]. The number of hydrogen-bond donors (Lipinski definition) is 0. The van der Waals surface area contributed by atoms with E-state index in [-0.39, 0.29) is 16.2 Å². The third kappa shape index (κ3) is 5.63. The summed E-state index contributed by atoms with van der Waals surface area (Å²) in [7, 11) is -8.55. The predicted octanol–water partition coefficient (Wildman–Crippen LogP) is 2.84. The van der Waals surface area contributed by atoms with Gasteiger partial charge in [0.1, 0.15) is 13.2 Å². The maximum Gasteiger partial charge on any atom is 0.297 e. The van der Waals surface area contributed by atoms with E-state index in [0.29, 0.717) is 0 Å². The Balaban J connectivity index is 2.20. The van der Waals surface area contributed by atoms with E-state index in [2.05, 4.69) is 0 Å². The van der Waals surface area contributed by atoms with Crippen LogP contribution in [0.2, 0.25) is 0 Å². The van der Waals surface area contributed by atoms with Gasteiger partial charge in [-0.1, -0.05) is 42.3 Å². The van der Waals surface area contributed by atoms with E-state index in [0.717, 1.165) is 11.1 Å². The molecule has 0 spiro atoms. The third-order valence-electron chi connectivity index (χ3n) is 4.63. The second kappa shape index (κ2) is 9.21. The molecular formula is C19H23NO8S2. The largest absolute Gasteiger partial charge is 0.297 e. The van der Waals surface area contributed by atoms with Gasteiger partial charge in [0.15, 0.2) is 0 Å². The van der Waals surface area contributed by atoms with Crippen molar-refractivity contribution in [3.05, 3.63) is 69.8 Å². The minimum atomic E-state index is -4.27. The first kappa shape index (κ1) is 23.9. The fourth-order valence-corrected chi connectivity index (χ4v) is 4.36. The van der Waals surface area contributed by atoms with E-state index in [1.165, 1.54) is 31.2 Å². The summed E-state index contributed by atoms with van der Waals surface area (Å²) in [6.45, 7) is 3.22. The summed E-state index contributed by atoms with van der Waals surface area (Å²) >= 11 is 0. The lowest BCUT2D eigenvalue weighted by Gasteiger charge is -2.23. The number of nitrogens with zero attached hydrogens (tertiary/aromatic N) is 1. The van der Waals surface area contributed by atoms with Gasteiger partial charge in [-0.05, 0) is 38.1 Å². The molecule has 0 atom stereocenters. The average molecular weight is 458 g/mol. The lowest BCUT2D eigenvalue weighted by molar-refractivity contribution is -0.575. The van der Waals surface area contributed by atoms with Crippen molar-refractivity contribution in [3.63, 3.8) is 0 Å². The fraction of sp³-hybridized carbons (Fsp3) is 0.368. The number of hydrogen-bond acceptors (Lipinski definition) is 8. The smallest absolute Gasteiger partial charge is 0.264 e. The summed E-state index contributed by atoms with van der Waals surface area (Å²) < 4.78 is 59.3. The van der Waals surface area contributed by atoms with E-state index < -0.39 is 43.9 Å². The lowest BCUT2D eigenvalue weighted by atomic mass is 10.0. The van der Waals surface area contributed by atoms with Crippen molar-refractivity contribution in [2.24, 2.45) is 0 Å². The molecule has 30 heavy (non-hydrogen) atoms. The predicted molar refractivity (Wildman–Crippen MR) is 109 cm³/mol. The first-order chi connectivity index (χ1) is 13.9. The number of aryl methyl sites for hydroxylation is 2. The summed E-state index contributed by atoms with van der Waals surface area (Å²) in [5, 5.41) is 11.7. The van der Waals surface area contributed by atoms with Crippen molar-refractivity contribution in [1.82, 2.24) is 0 Å². The van der Waals surface area contributed by atoms with Gasteiger partial charge in [-0.2, -0.15) is 16.8 Å². The Bertz CT molecular complexity index is 1010. The van der Waals surface area contributed by atoms with E-state index in [1.807, 2.05) is 0 Å². The molecule has 0 bridgehead atoms. The van der Waals surface area contributed by atoms with Crippen molar-refractivity contribution in [1.29, 1.82) is 0 Å². The maximum absolute atomic E-state index is 12.4. The standard InChI is InChI=1S/C19H23NO8S2/c1-4-19(20(21)22,13-27-29(23,24)17-9-5-15(2)6-10-17)14-28-30(25,26)18-11-7-16(3)8-12-18/h5-12H,4,13-14H2,1-3H3. The molecule has 164 valence electrons. The molecule has 0 unspecified atom stereocenters. The second-order valence-corrected chi connectivity index (χ2v) is 10.1. The van der Waals surface area contributed by atoms with Crippen LogP contribution < -0.4 is 0 Å². The monoisotopic (exact) mass is 457 g/mol. The van der Waals surface area contributed by atoms with Gasteiger partial charge in [0.05, 0.1) is 9.79 Å². The van der Waals surface area contributed by atoms with Gasteiger partial charge in [0, 0.05) is 11.3 Å². The minimum absolute atomic E-state index is 0.158. The molecule has 0 aliphatic heterocycles. The van der Waals surface area contributed by atoms with Crippen LogP contribution >= 0.6 is 0 Å². The Morgan fingerprint density at radius 3 is 1.40 bits per heavy atom. The molecule has 0 saturated heterocycles. The minimum Gasteiger partial charge on any atom is -0.264 e. The van der Waals surface area contributed by atoms with Crippen LogP contribution in [0.15, 0.2) is 58.3 Å². The van der Waals surface area contributed by atoms with Crippen molar-refractivity contribution in [2.75, 3.05) is 13.2 Å². The van der Waals surface area contributed by atoms with Gasteiger partial charge in [-0.15, -0.1) is 0 Å². The highest BCUT2D eigenvalue weighted by Crippen LogP contribution is 2.23. The van der Waals surface area contributed by atoms with Crippen LogP contribution in [-0.4, -0.2) is 40.5 Å². The van der Waals surface area contributed by atoms with E-state index in [4.69, 9.17) is 8.37 Å². The summed E-state index contributed by atoms with van der Waals surface area (Å²) in [6.07, 6.45) is -0.215. The Hall–Kier alpha value is -2.34. The molecule has 2 aromatic rings. The highest BCUT2D eigenvalue weighted by molar-refractivity contribution is 7.87. The van der Waals surface area contributed by atoms with E-state index in [9.17, 15) is 26.9 Å². The molecule has 11 heteroatoms. The quantitative estimate of drug-likeness (QED) is 0.302. The molecule has 0 amide bonds. The molecule has 0 aromatic heterocycles. The van der Waals surface area contributed by atoms with Crippen LogP contribution in [0.4, 0.5) is 0 Å². The van der Waals surface area contributed by atoms with Gasteiger partial charge < -0.3 is 0 Å².